The third kappa shape index (κ3) is 8.41. The third-order valence-electron chi connectivity index (χ3n) is 6.18. The number of benzene rings is 2. The molecular formula is C28H32ClN3O7S. The molecule has 0 atom stereocenters. The van der Waals surface area contributed by atoms with Crippen LogP contribution in [-0.2, 0) is 22.5 Å². The van der Waals surface area contributed by atoms with Gasteiger partial charge in [0.15, 0.2) is 11.5 Å². The number of ether oxygens (including phenoxy) is 3. The van der Waals surface area contributed by atoms with Crippen molar-refractivity contribution in [2.45, 2.75) is 19.4 Å². The zero-order chi connectivity index (χ0) is 29.1. The van der Waals surface area contributed by atoms with E-state index in [9.17, 15) is 19.7 Å². The summed E-state index contributed by atoms with van der Waals surface area (Å²) in [6, 6.07) is 13.2. The zero-order valence-electron chi connectivity index (χ0n) is 22.6. The Balaban J connectivity index is 1.81. The fraction of sp³-hybridized carbons (Fsp3) is 0.357. The molecule has 10 nitrogen and oxygen atoms in total. The van der Waals surface area contributed by atoms with Crippen molar-refractivity contribution in [3.05, 3.63) is 85.1 Å². The number of hydrogen-bond acceptors (Lipinski definition) is 8. The molecule has 1 aromatic heterocycles. The van der Waals surface area contributed by atoms with Crippen LogP contribution >= 0.6 is 22.9 Å². The van der Waals surface area contributed by atoms with Crippen molar-refractivity contribution in [2.75, 3.05) is 47.6 Å². The maximum atomic E-state index is 13.7. The molecule has 40 heavy (non-hydrogen) atoms. The number of rotatable bonds is 15. The summed E-state index contributed by atoms with van der Waals surface area (Å²) in [7, 11) is 4.70. The molecule has 0 bridgehead atoms. The first-order valence-electron chi connectivity index (χ1n) is 12.5. The van der Waals surface area contributed by atoms with Crippen molar-refractivity contribution in [3.63, 3.8) is 0 Å². The fourth-order valence-corrected chi connectivity index (χ4v) is 5.03. The van der Waals surface area contributed by atoms with Crippen molar-refractivity contribution in [1.82, 2.24) is 9.80 Å². The van der Waals surface area contributed by atoms with Crippen LogP contribution in [0.25, 0.3) is 0 Å². The van der Waals surface area contributed by atoms with Crippen LogP contribution < -0.4 is 9.47 Å². The Kier molecular flexibility index (Phi) is 11.7. The van der Waals surface area contributed by atoms with E-state index in [1.54, 1.807) is 37.6 Å². The number of carbonyl (C=O) groups excluding carboxylic acids is 2. The van der Waals surface area contributed by atoms with Crippen LogP contribution in [0.5, 0.6) is 11.5 Å². The second-order valence-corrected chi connectivity index (χ2v) is 10.3. The maximum Gasteiger partial charge on any atom is 0.270 e. The molecule has 0 N–H and O–H groups in total. The van der Waals surface area contributed by atoms with Crippen LogP contribution in [0, 0.1) is 10.1 Å². The van der Waals surface area contributed by atoms with E-state index < -0.39 is 10.8 Å². The number of nitro benzene ring substituents is 1. The lowest BCUT2D eigenvalue weighted by Crippen LogP contribution is -2.44. The minimum Gasteiger partial charge on any atom is -0.493 e. The fourth-order valence-electron chi connectivity index (χ4n) is 4.06. The van der Waals surface area contributed by atoms with Crippen molar-refractivity contribution >= 4 is 40.4 Å². The minimum atomic E-state index is -0.582. The number of non-ortho nitro benzene ring substituents is 1. The van der Waals surface area contributed by atoms with Crippen LogP contribution in [0.2, 0.25) is 5.02 Å². The van der Waals surface area contributed by atoms with Crippen molar-refractivity contribution in [3.8, 4) is 11.5 Å². The molecule has 3 rings (SSSR count). The SMILES string of the molecule is COCCCN(CC(=O)N(CCc1ccc(OC)c(OC)c1)Cc1cccs1)C(=O)c1ccc([N+](=O)[O-])cc1Cl. The number of thiophene rings is 1. The van der Waals surface area contributed by atoms with Gasteiger partial charge in [0.05, 0.1) is 36.3 Å². The molecule has 0 spiro atoms. The smallest absolute Gasteiger partial charge is 0.270 e. The zero-order valence-corrected chi connectivity index (χ0v) is 24.2. The average molecular weight is 590 g/mol. The lowest BCUT2D eigenvalue weighted by molar-refractivity contribution is -0.384. The van der Waals surface area contributed by atoms with Gasteiger partial charge in [-0.05, 0) is 48.1 Å². The summed E-state index contributed by atoms with van der Waals surface area (Å²) in [6.45, 7) is 1.25. The molecule has 2 amide bonds. The van der Waals surface area contributed by atoms with Gasteiger partial charge in [-0.3, -0.25) is 19.7 Å². The van der Waals surface area contributed by atoms with E-state index in [1.807, 2.05) is 35.7 Å². The molecule has 0 saturated heterocycles. The standard InChI is InChI=1S/C28H32ClN3O7S/c1-37-14-5-12-31(28(34)23-9-8-21(32(35)36)17-24(23)29)19-27(33)30(18-22-6-4-15-40-22)13-11-20-7-10-25(38-2)26(16-20)39-3/h4,6-10,15-17H,5,11-14,18-19H2,1-3H3. The van der Waals surface area contributed by atoms with E-state index in [0.29, 0.717) is 44.0 Å². The van der Waals surface area contributed by atoms with Crippen LogP contribution in [-0.4, -0.2) is 74.1 Å². The number of carbonyl (C=O) groups is 2. The molecule has 0 aliphatic heterocycles. The first-order chi connectivity index (χ1) is 19.3. The van der Waals surface area contributed by atoms with E-state index in [1.165, 1.54) is 17.0 Å². The highest BCUT2D eigenvalue weighted by molar-refractivity contribution is 7.09. The van der Waals surface area contributed by atoms with Crippen LogP contribution in [0.3, 0.4) is 0 Å². The molecule has 12 heteroatoms. The molecule has 0 fully saturated rings. The highest BCUT2D eigenvalue weighted by Gasteiger charge is 2.25. The number of nitro groups is 1. The van der Waals surface area contributed by atoms with Crippen LogP contribution in [0.4, 0.5) is 5.69 Å². The number of hydrogen-bond donors (Lipinski definition) is 0. The van der Waals surface area contributed by atoms with E-state index in [-0.39, 0.29) is 35.3 Å². The van der Waals surface area contributed by atoms with Gasteiger partial charge in [0.1, 0.15) is 6.54 Å². The van der Waals surface area contributed by atoms with Gasteiger partial charge in [-0.15, -0.1) is 11.3 Å². The largest absolute Gasteiger partial charge is 0.493 e. The Bertz CT molecular complexity index is 1300. The Hall–Kier alpha value is -3.67. The molecular weight excluding hydrogens is 558 g/mol. The van der Waals surface area contributed by atoms with Gasteiger partial charge in [0, 0.05) is 43.8 Å². The number of halogens is 1. The highest BCUT2D eigenvalue weighted by Crippen LogP contribution is 2.28. The van der Waals surface area contributed by atoms with Gasteiger partial charge in [0.25, 0.3) is 11.6 Å². The molecule has 1 heterocycles. The Labute approximate surface area is 242 Å². The maximum absolute atomic E-state index is 13.7. The van der Waals surface area contributed by atoms with Gasteiger partial charge >= 0.3 is 0 Å². The Morgan fingerprint density at radius 3 is 2.40 bits per heavy atom. The molecule has 0 unspecified atom stereocenters. The topological polar surface area (TPSA) is 111 Å². The molecule has 0 radical (unpaired) electrons. The number of amides is 2. The molecule has 214 valence electrons. The van der Waals surface area contributed by atoms with E-state index in [2.05, 4.69) is 0 Å². The predicted molar refractivity (Wildman–Crippen MR) is 153 cm³/mol. The van der Waals surface area contributed by atoms with Crippen molar-refractivity contribution < 1.29 is 28.7 Å². The van der Waals surface area contributed by atoms with Crippen LogP contribution in [0.1, 0.15) is 27.2 Å². The van der Waals surface area contributed by atoms with Gasteiger partial charge in [-0.25, -0.2) is 0 Å². The lowest BCUT2D eigenvalue weighted by atomic mass is 10.1. The molecule has 0 aliphatic rings. The van der Waals surface area contributed by atoms with Gasteiger partial charge in [-0.1, -0.05) is 23.7 Å². The monoisotopic (exact) mass is 589 g/mol. The molecule has 0 saturated carbocycles. The summed E-state index contributed by atoms with van der Waals surface area (Å²) in [5.74, 6) is 0.497. The molecule has 0 aliphatic carbocycles. The number of nitrogens with zero attached hydrogens (tertiary/aromatic N) is 3. The summed E-state index contributed by atoms with van der Waals surface area (Å²) in [5.41, 5.74) is 0.834. The Morgan fingerprint density at radius 2 is 1.77 bits per heavy atom. The normalized spacial score (nSPS) is 10.7. The minimum absolute atomic E-state index is 0.0488. The van der Waals surface area contributed by atoms with E-state index >= 15 is 0 Å². The molecule has 2 aromatic carbocycles. The summed E-state index contributed by atoms with van der Waals surface area (Å²) < 4.78 is 15.9. The quantitative estimate of drug-likeness (QED) is 0.138. The predicted octanol–water partition coefficient (Wildman–Crippen LogP) is 5.08. The van der Waals surface area contributed by atoms with Crippen molar-refractivity contribution in [2.24, 2.45) is 0 Å². The van der Waals surface area contributed by atoms with Gasteiger partial charge < -0.3 is 24.0 Å². The lowest BCUT2D eigenvalue weighted by Gasteiger charge is -2.28. The van der Waals surface area contributed by atoms with Gasteiger partial charge in [-0.2, -0.15) is 0 Å². The average Bonchev–Trinajstić information content (AvgIpc) is 3.47. The summed E-state index contributed by atoms with van der Waals surface area (Å²) in [5, 5.41) is 13.0. The second-order valence-electron chi connectivity index (χ2n) is 8.83. The highest BCUT2D eigenvalue weighted by atomic mass is 35.5. The van der Waals surface area contributed by atoms with Crippen LogP contribution in [0.15, 0.2) is 53.9 Å². The second kappa shape index (κ2) is 15.2. The first-order valence-corrected chi connectivity index (χ1v) is 13.8. The molecule has 3 aromatic rings. The Morgan fingerprint density at radius 1 is 1.00 bits per heavy atom. The van der Waals surface area contributed by atoms with Gasteiger partial charge in [0.2, 0.25) is 5.91 Å². The third-order valence-corrected chi connectivity index (χ3v) is 7.36. The first kappa shape index (κ1) is 30.9. The van der Waals surface area contributed by atoms with E-state index in [0.717, 1.165) is 16.5 Å². The van der Waals surface area contributed by atoms with E-state index in [4.69, 9.17) is 25.8 Å². The summed E-state index contributed by atoms with van der Waals surface area (Å²) >= 11 is 7.79. The summed E-state index contributed by atoms with van der Waals surface area (Å²) in [4.78, 5) is 41.8. The van der Waals surface area contributed by atoms with Crippen molar-refractivity contribution in [1.29, 1.82) is 0 Å². The number of methoxy groups -OCH3 is 3. The summed E-state index contributed by atoms with van der Waals surface area (Å²) in [6.07, 6.45) is 1.06.